The highest BCUT2D eigenvalue weighted by atomic mass is 32.1. The first-order valence-electron chi connectivity index (χ1n) is 3.86. The molecule has 0 fully saturated rings. The van der Waals surface area contributed by atoms with E-state index < -0.39 is 5.97 Å². The predicted molar refractivity (Wildman–Crippen MR) is 49.7 cm³/mol. The minimum Gasteiger partial charge on any atom is -0.481 e. The summed E-state index contributed by atoms with van der Waals surface area (Å²) >= 11 is 1.64. The van der Waals surface area contributed by atoms with Crippen LogP contribution in [0.5, 0.6) is 0 Å². The first kappa shape index (κ1) is 9.26. The van der Waals surface area contributed by atoms with Crippen molar-refractivity contribution in [2.75, 3.05) is 0 Å². The summed E-state index contributed by atoms with van der Waals surface area (Å²) in [5.74, 6) is -0.588. The lowest BCUT2D eigenvalue weighted by Gasteiger charge is -2.03. The molecule has 66 valence electrons. The van der Waals surface area contributed by atoms with E-state index in [1.165, 1.54) is 5.56 Å². The third-order valence-electron chi connectivity index (χ3n) is 1.72. The summed E-state index contributed by atoms with van der Waals surface area (Å²) in [5.41, 5.74) is 1.22. The maximum atomic E-state index is 10.4. The van der Waals surface area contributed by atoms with Crippen molar-refractivity contribution < 1.29 is 9.90 Å². The summed E-state index contributed by atoms with van der Waals surface area (Å²) in [4.78, 5) is 11.6. The molecule has 1 aromatic heterocycles. The van der Waals surface area contributed by atoms with Gasteiger partial charge in [-0.2, -0.15) is 0 Å². The number of thiophene rings is 1. The SMILES string of the molecule is Cc1csc(C(C)CC(=O)O)c1. The summed E-state index contributed by atoms with van der Waals surface area (Å²) in [7, 11) is 0. The standard InChI is InChI=1S/C9H12O2S/c1-6-3-8(12-5-6)7(2)4-9(10)11/h3,5,7H,4H2,1-2H3,(H,10,11). The first-order valence-corrected chi connectivity index (χ1v) is 4.74. The Morgan fingerprint density at radius 2 is 2.42 bits per heavy atom. The maximum Gasteiger partial charge on any atom is 0.303 e. The Bertz CT molecular complexity index is 278. The molecule has 0 aliphatic carbocycles. The fourth-order valence-electron chi connectivity index (χ4n) is 1.07. The van der Waals surface area contributed by atoms with Crippen molar-refractivity contribution in [3.05, 3.63) is 21.9 Å². The van der Waals surface area contributed by atoms with Crippen molar-refractivity contribution in [1.29, 1.82) is 0 Å². The highest BCUT2D eigenvalue weighted by molar-refractivity contribution is 7.10. The Morgan fingerprint density at radius 3 is 2.83 bits per heavy atom. The van der Waals surface area contributed by atoms with Gasteiger partial charge in [-0.1, -0.05) is 6.92 Å². The normalized spacial score (nSPS) is 12.8. The second-order valence-corrected chi connectivity index (χ2v) is 3.97. The van der Waals surface area contributed by atoms with E-state index in [4.69, 9.17) is 5.11 Å². The number of aryl methyl sites for hydroxylation is 1. The van der Waals surface area contributed by atoms with Gasteiger partial charge in [-0.3, -0.25) is 4.79 Å². The van der Waals surface area contributed by atoms with E-state index in [0.717, 1.165) is 4.88 Å². The number of hydrogen-bond acceptors (Lipinski definition) is 2. The van der Waals surface area contributed by atoms with Crippen LogP contribution in [0.2, 0.25) is 0 Å². The number of carbonyl (C=O) groups is 1. The molecule has 2 nitrogen and oxygen atoms in total. The van der Waals surface area contributed by atoms with Gasteiger partial charge in [0.15, 0.2) is 0 Å². The van der Waals surface area contributed by atoms with Gasteiger partial charge in [-0.25, -0.2) is 0 Å². The Kier molecular flexibility index (Phi) is 2.87. The van der Waals surface area contributed by atoms with Gasteiger partial charge in [-0.15, -0.1) is 11.3 Å². The third-order valence-corrected chi connectivity index (χ3v) is 3.00. The Hall–Kier alpha value is -0.830. The molecule has 0 saturated carbocycles. The zero-order valence-electron chi connectivity index (χ0n) is 7.20. The van der Waals surface area contributed by atoms with Gasteiger partial charge >= 0.3 is 5.97 Å². The van der Waals surface area contributed by atoms with E-state index in [2.05, 4.69) is 6.07 Å². The summed E-state index contributed by atoms with van der Waals surface area (Å²) in [6, 6.07) is 2.05. The lowest BCUT2D eigenvalue weighted by Crippen LogP contribution is -2.00. The second-order valence-electron chi connectivity index (χ2n) is 3.03. The summed E-state index contributed by atoms with van der Waals surface area (Å²) < 4.78 is 0. The number of carboxylic acids is 1. The van der Waals surface area contributed by atoms with Crippen molar-refractivity contribution >= 4 is 17.3 Å². The number of hydrogen-bond donors (Lipinski definition) is 1. The Labute approximate surface area is 75.9 Å². The zero-order valence-corrected chi connectivity index (χ0v) is 8.02. The van der Waals surface area contributed by atoms with Crippen LogP contribution < -0.4 is 0 Å². The molecule has 1 rings (SSSR count). The number of carboxylic acid groups (broad SMARTS) is 1. The largest absolute Gasteiger partial charge is 0.481 e. The molecule has 0 amide bonds. The Morgan fingerprint density at radius 1 is 1.75 bits per heavy atom. The molecule has 0 aliphatic heterocycles. The molecule has 1 atom stereocenters. The molecule has 3 heteroatoms. The molecule has 0 saturated heterocycles. The van der Waals surface area contributed by atoms with Crippen LogP contribution in [0.4, 0.5) is 0 Å². The van der Waals surface area contributed by atoms with E-state index in [1.54, 1.807) is 11.3 Å². The molecule has 1 unspecified atom stereocenters. The van der Waals surface area contributed by atoms with E-state index in [0.29, 0.717) is 0 Å². The van der Waals surface area contributed by atoms with E-state index >= 15 is 0 Å². The minimum absolute atomic E-state index is 0.140. The van der Waals surface area contributed by atoms with Gasteiger partial charge in [-0.05, 0) is 23.9 Å². The maximum absolute atomic E-state index is 10.4. The molecule has 0 aliphatic rings. The molecule has 0 radical (unpaired) electrons. The quantitative estimate of drug-likeness (QED) is 0.784. The monoisotopic (exact) mass is 184 g/mol. The van der Waals surface area contributed by atoms with Gasteiger partial charge in [0.1, 0.15) is 0 Å². The molecule has 1 N–H and O–H groups in total. The lowest BCUT2D eigenvalue weighted by atomic mass is 10.1. The highest BCUT2D eigenvalue weighted by Crippen LogP contribution is 2.25. The molecule has 1 aromatic rings. The Balaban J connectivity index is 2.64. The van der Waals surface area contributed by atoms with Crippen LogP contribution in [0.25, 0.3) is 0 Å². The number of rotatable bonds is 3. The van der Waals surface area contributed by atoms with Crippen LogP contribution in [0.1, 0.15) is 29.7 Å². The van der Waals surface area contributed by atoms with Crippen molar-refractivity contribution in [1.82, 2.24) is 0 Å². The van der Waals surface area contributed by atoms with E-state index in [9.17, 15) is 4.79 Å². The minimum atomic E-state index is -0.728. The predicted octanol–water partition coefficient (Wildman–Crippen LogP) is 2.63. The van der Waals surface area contributed by atoms with Crippen molar-refractivity contribution in [2.24, 2.45) is 0 Å². The molecule has 0 aromatic carbocycles. The second kappa shape index (κ2) is 3.72. The van der Waals surface area contributed by atoms with Crippen molar-refractivity contribution in [3.8, 4) is 0 Å². The summed E-state index contributed by atoms with van der Waals surface area (Å²) in [6.07, 6.45) is 0.222. The van der Waals surface area contributed by atoms with Crippen LogP contribution in [0.15, 0.2) is 11.4 Å². The molecule has 0 bridgehead atoms. The smallest absolute Gasteiger partial charge is 0.303 e. The molecule has 0 spiro atoms. The molecular weight excluding hydrogens is 172 g/mol. The molecule has 12 heavy (non-hydrogen) atoms. The average molecular weight is 184 g/mol. The molecular formula is C9H12O2S. The van der Waals surface area contributed by atoms with Gasteiger partial charge < -0.3 is 5.11 Å². The fourth-order valence-corrected chi connectivity index (χ4v) is 2.03. The highest BCUT2D eigenvalue weighted by Gasteiger charge is 2.11. The van der Waals surface area contributed by atoms with Crippen molar-refractivity contribution in [3.63, 3.8) is 0 Å². The van der Waals surface area contributed by atoms with Crippen molar-refractivity contribution in [2.45, 2.75) is 26.2 Å². The topological polar surface area (TPSA) is 37.3 Å². The summed E-state index contributed by atoms with van der Waals surface area (Å²) in [6.45, 7) is 3.97. The van der Waals surface area contributed by atoms with E-state index in [-0.39, 0.29) is 12.3 Å². The van der Waals surface area contributed by atoms with Gasteiger partial charge in [0.05, 0.1) is 6.42 Å². The van der Waals surface area contributed by atoms with Crippen LogP contribution in [0, 0.1) is 6.92 Å². The number of aliphatic carboxylic acids is 1. The third kappa shape index (κ3) is 2.34. The van der Waals surface area contributed by atoms with Crippen LogP contribution in [-0.4, -0.2) is 11.1 Å². The molecule has 1 heterocycles. The summed E-state index contributed by atoms with van der Waals surface area (Å²) in [5, 5.41) is 10.6. The van der Waals surface area contributed by atoms with Crippen LogP contribution in [0.3, 0.4) is 0 Å². The average Bonchev–Trinajstić information content (AvgIpc) is 2.34. The van der Waals surface area contributed by atoms with Gasteiger partial charge in [0, 0.05) is 10.8 Å². The van der Waals surface area contributed by atoms with E-state index in [1.807, 2.05) is 19.2 Å². The zero-order chi connectivity index (χ0) is 9.14. The van der Waals surface area contributed by atoms with Gasteiger partial charge in [0.2, 0.25) is 0 Å². The van der Waals surface area contributed by atoms with Crippen LogP contribution >= 0.6 is 11.3 Å². The fraction of sp³-hybridized carbons (Fsp3) is 0.444. The lowest BCUT2D eigenvalue weighted by molar-refractivity contribution is -0.137. The van der Waals surface area contributed by atoms with Crippen LogP contribution in [-0.2, 0) is 4.79 Å². The van der Waals surface area contributed by atoms with Gasteiger partial charge in [0.25, 0.3) is 0 Å². The first-order chi connectivity index (χ1) is 5.59.